The summed E-state index contributed by atoms with van der Waals surface area (Å²) in [5, 5.41) is 6.01. The quantitative estimate of drug-likeness (QED) is 0.934. The summed E-state index contributed by atoms with van der Waals surface area (Å²) < 4.78 is 0. The monoisotopic (exact) mass is 278 g/mol. The van der Waals surface area contributed by atoms with E-state index >= 15 is 0 Å². The number of thiophene rings is 1. The van der Waals surface area contributed by atoms with Crippen molar-refractivity contribution >= 4 is 28.6 Å². The fraction of sp³-hybridized carbons (Fsp3) is 0.385. The molecule has 94 valence electrons. The van der Waals surface area contributed by atoms with Gasteiger partial charge in [0.1, 0.15) is 0 Å². The second kappa shape index (κ2) is 5.20. The Morgan fingerprint density at radius 1 is 1.44 bits per heavy atom. The van der Waals surface area contributed by atoms with E-state index in [4.69, 9.17) is 0 Å². The molecule has 0 bridgehead atoms. The molecule has 0 atom stereocenters. The molecule has 0 spiro atoms. The van der Waals surface area contributed by atoms with E-state index in [1.54, 1.807) is 0 Å². The van der Waals surface area contributed by atoms with Crippen molar-refractivity contribution in [2.45, 2.75) is 25.7 Å². The zero-order valence-corrected chi connectivity index (χ0v) is 11.6. The zero-order chi connectivity index (χ0) is 12.4. The number of aromatic nitrogens is 1. The number of nitrogens with one attached hydrogen (secondary N) is 1. The first-order chi connectivity index (χ1) is 8.83. The minimum absolute atomic E-state index is 0.0223. The molecule has 18 heavy (non-hydrogen) atoms. The van der Waals surface area contributed by atoms with Gasteiger partial charge in [0.2, 0.25) is 0 Å². The van der Waals surface area contributed by atoms with Crippen molar-refractivity contribution in [3.05, 3.63) is 38.0 Å². The molecule has 2 heterocycles. The Labute approximate surface area is 114 Å². The Hall–Kier alpha value is -1.20. The predicted octanol–water partition coefficient (Wildman–Crippen LogP) is 2.67. The lowest BCUT2D eigenvalue weighted by molar-refractivity contribution is 0.0958. The van der Waals surface area contributed by atoms with E-state index in [1.165, 1.54) is 34.7 Å². The van der Waals surface area contributed by atoms with Crippen LogP contribution in [0, 0.1) is 0 Å². The van der Waals surface area contributed by atoms with Crippen LogP contribution in [0.5, 0.6) is 0 Å². The van der Waals surface area contributed by atoms with Crippen molar-refractivity contribution in [1.82, 2.24) is 10.3 Å². The molecule has 0 radical (unpaired) electrons. The molecule has 5 heteroatoms. The van der Waals surface area contributed by atoms with E-state index in [2.05, 4.69) is 10.3 Å². The smallest absolute Gasteiger partial charge is 0.261 e. The SMILES string of the molecule is O=C(NCCc1nc2c(s1)CCC2)c1cccs1. The van der Waals surface area contributed by atoms with Crippen LogP contribution in [-0.4, -0.2) is 17.4 Å². The molecule has 0 saturated heterocycles. The lowest BCUT2D eigenvalue weighted by Gasteiger charge is -2.01. The van der Waals surface area contributed by atoms with Crippen LogP contribution in [0.1, 0.15) is 31.7 Å². The third kappa shape index (κ3) is 2.47. The zero-order valence-electron chi connectivity index (χ0n) is 9.94. The number of rotatable bonds is 4. The topological polar surface area (TPSA) is 42.0 Å². The molecular formula is C13H14N2OS2. The summed E-state index contributed by atoms with van der Waals surface area (Å²) in [7, 11) is 0. The lowest BCUT2D eigenvalue weighted by Crippen LogP contribution is -2.24. The number of carbonyl (C=O) groups excluding carboxylic acids is 1. The molecule has 0 unspecified atom stereocenters. The second-order valence-corrected chi connectivity index (χ2v) is 6.43. The highest BCUT2D eigenvalue weighted by atomic mass is 32.1. The van der Waals surface area contributed by atoms with Crippen LogP contribution in [0.2, 0.25) is 0 Å². The number of hydrogen-bond acceptors (Lipinski definition) is 4. The summed E-state index contributed by atoms with van der Waals surface area (Å²) in [5.41, 5.74) is 1.29. The molecule has 0 saturated carbocycles. The molecule has 1 N–H and O–H groups in total. The van der Waals surface area contributed by atoms with Crippen molar-refractivity contribution in [2.75, 3.05) is 6.54 Å². The summed E-state index contributed by atoms with van der Waals surface area (Å²) in [6.07, 6.45) is 4.42. The molecule has 0 aliphatic heterocycles. The van der Waals surface area contributed by atoms with E-state index in [0.717, 1.165) is 22.7 Å². The Kier molecular flexibility index (Phi) is 3.43. The van der Waals surface area contributed by atoms with E-state index < -0.39 is 0 Å². The molecule has 2 aromatic rings. The van der Waals surface area contributed by atoms with Gasteiger partial charge in [-0.15, -0.1) is 22.7 Å². The number of thiazole rings is 1. The van der Waals surface area contributed by atoms with Gasteiger partial charge < -0.3 is 5.32 Å². The maximum Gasteiger partial charge on any atom is 0.261 e. The third-order valence-electron chi connectivity index (χ3n) is 3.01. The first kappa shape index (κ1) is 11.9. The molecule has 3 nitrogen and oxygen atoms in total. The van der Waals surface area contributed by atoms with Gasteiger partial charge in [-0.25, -0.2) is 4.98 Å². The van der Waals surface area contributed by atoms with Gasteiger partial charge in [0, 0.05) is 17.8 Å². The molecule has 2 aromatic heterocycles. The summed E-state index contributed by atoms with van der Waals surface area (Å²) in [6.45, 7) is 0.670. The van der Waals surface area contributed by atoms with Gasteiger partial charge in [-0.3, -0.25) is 4.79 Å². The van der Waals surface area contributed by atoms with Crippen molar-refractivity contribution in [2.24, 2.45) is 0 Å². The van der Waals surface area contributed by atoms with Crippen molar-refractivity contribution in [3.8, 4) is 0 Å². The van der Waals surface area contributed by atoms with Crippen molar-refractivity contribution in [3.63, 3.8) is 0 Å². The van der Waals surface area contributed by atoms with Crippen LogP contribution in [-0.2, 0) is 19.3 Å². The van der Waals surface area contributed by atoms with Gasteiger partial charge in [-0.1, -0.05) is 6.07 Å². The number of aryl methyl sites for hydroxylation is 2. The summed E-state index contributed by atoms with van der Waals surface area (Å²) in [4.78, 5) is 18.6. The molecule has 0 aromatic carbocycles. The van der Waals surface area contributed by atoms with E-state index in [1.807, 2.05) is 28.8 Å². The van der Waals surface area contributed by atoms with E-state index in [0.29, 0.717) is 6.54 Å². The molecular weight excluding hydrogens is 264 g/mol. The van der Waals surface area contributed by atoms with Crippen LogP contribution < -0.4 is 5.32 Å². The number of amides is 1. The van der Waals surface area contributed by atoms with E-state index in [9.17, 15) is 4.79 Å². The second-order valence-electron chi connectivity index (χ2n) is 4.31. The minimum Gasteiger partial charge on any atom is -0.351 e. The molecule has 3 rings (SSSR count). The van der Waals surface area contributed by atoms with Gasteiger partial charge in [-0.05, 0) is 30.7 Å². The van der Waals surface area contributed by atoms with Gasteiger partial charge >= 0.3 is 0 Å². The fourth-order valence-corrected chi connectivity index (χ4v) is 3.93. The highest BCUT2D eigenvalue weighted by Crippen LogP contribution is 2.27. The van der Waals surface area contributed by atoms with Crippen molar-refractivity contribution in [1.29, 1.82) is 0 Å². The average Bonchev–Trinajstić information content (AvgIpc) is 3.05. The van der Waals surface area contributed by atoms with Crippen LogP contribution in [0.4, 0.5) is 0 Å². The number of fused-ring (bicyclic) bond motifs is 1. The van der Waals surface area contributed by atoms with Gasteiger partial charge in [0.15, 0.2) is 0 Å². The Morgan fingerprint density at radius 2 is 2.39 bits per heavy atom. The normalized spacial score (nSPS) is 13.6. The van der Waals surface area contributed by atoms with E-state index in [-0.39, 0.29) is 5.91 Å². The van der Waals surface area contributed by atoms with Crippen molar-refractivity contribution < 1.29 is 4.79 Å². The molecule has 0 fully saturated rings. The minimum atomic E-state index is 0.0223. The number of carbonyl (C=O) groups is 1. The first-order valence-electron chi connectivity index (χ1n) is 6.12. The lowest BCUT2D eigenvalue weighted by atomic mass is 10.3. The van der Waals surface area contributed by atoms with Crippen LogP contribution >= 0.6 is 22.7 Å². The van der Waals surface area contributed by atoms with Crippen LogP contribution in [0.3, 0.4) is 0 Å². The number of nitrogens with zero attached hydrogens (tertiary/aromatic N) is 1. The number of hydrogen-bond donors (Lipinski definition) is 1. The Morgan fingerprint density at radius 3 is 3.17 bits per heavy atom. The predicted molar refractivity (Wildman–Crippen MR) is 74.5 cm³/mol. The van der Waals surface area contributed by atoms with Crippen LogP contribution in [0.15, 0.2) is 17.5 Å². The Balaban J connectivity index is 1.51. The highest BCUT2D eigenvalue weighted by Gasteiger charge is 2.16. The standard InChI is InChI=1S/C13H14N2OS2/c16-13(11-5-2-8-17-11)14-7-6-12-15-9-3-1-4-10(9)18-12/h2,5,8H,1,3-4,6-7H2,(H,14,16). The summed E-state index contributed by atoms with van der Waals surface area (Å²) in [5.74, 6) is 0.0223. The average molecular weight is 278 g/mol. The third-order valence-corrected chi connectivity index (χ3v) is 5.10. The highest BCUT2D eigenvalue weighted by molar-refractivity contribution is 7.12. The largest absolute Gasteiger partial charge is 0.351 e. The maximum atomic E-state index is 11.7. The fourth-order valence-electron chi connectivity index (χ4n) is 2.13. The summed E-state index contributed by atoms with van der Waals surface area (Å²) in [6, 6.07) is 3.74. The van der Waals surface area contributed by atoms with Gasteiger partial charge in [0.05, 0.1) is 15.6 Å². The van der Waals surface area contributed by atoms with Crippen LogP contribution in [0.25, 0.3) is 0 Å². The van der Waals surface area contributed by atoms with Gasteiger partial charge in [-0.2, -0.15) is 0 Å². The summed E-state index contributed by atoms with van der Waals surface area (Å²) >= 11 is 3.28. The molecule has 1 aliphatic carbocycles. The Bertz CT molecular complexity index is 524. The van der Waals surface area contributed by atoms with Gasteiger partial charge in [0.25, 0.3) is 5.91 Å². The molecule has 1 aliphatic rings. The first-order valence-corrected chi connectivity index (χ1v) is 7.82. The molecule has 1 amide bonds. The maximum absolute atomic E-state index is 11.7.